The first-order valence-corrected chi connectivity index (χ1v) is 4.72. The minimum absolute atomic E-state index is 1.42. The number of benzene rings is 2. The van der Waals surface area contributed by atoms with Crippen molar-refractivity contribution in [2.24, 2.45) is 0 Å². The van der Waals surface area contributed by atoms with Crippen molar-refractivity contribution < 1.29 is 35.8 Å². The monoisotopic (exact) mass is 283 g/mol. The minimum Gasteiger partial charge on any atom is -0.231 e. The van der Waals surface area contributed by atoms with Gasteiger partial charge in [0.15, 0.2) is 34.9 Å². The molecule has 101 valence electrons. The van der Waals surface area contributed by atoms with E-state index in [4.69, 9.17) is 0 Å². The molecule has 2 rings (SSSR count). The summed E-state index contributed by atoms with van der Waals surface area (Å²) in [4.78, 5) is 0. The second-order valence-electron chi connectivity index (χ2n) is 3.57. The van der Waals surface area contributed by atoms with E-state index in [-0.39, 0.29) is 0 Å². The smallest absolute Gasteiger partial charge is 0.198 e. The first-order valence-electron chi connectivity index (χ1n) is 4.72. The predicted molar refractivity (Wildman–Crippen MR) is 48.0 cm³/mol. The third-order valence-corrected chi connectivity index (χ3v) is 2.57. The normalized spacial score (nSPS) is 11.4. The van der Waals surface area contributed by atoms with E-state index in [1.807, 2.05) is 0 Å². The molecule has 2 aromatic carbocycles. The lowest BCUT2D eigenvalue weighted by atomic mass is 10.0. The molecule has 0 fully saturated rings. The highest BCUT2D eigenvalue weighted by Crippen LogP contribution is 2.34. The van der Waals surface area contributed by atoms with Crippen LogP contribution in [0.5, 0.6) is 0 Å². The van der Waals surface area contributed by atoms with Crippen molar-refractivity contribution in [3.05, 3.63) is 46.3 Å². The number of halogens is 7. The molecule has 19 heavy (non-hydrogen) atoms. The average Bonchev–Trinajstić information content (AvgIpc) is 2.38. The second-order valence-corrected chi connectivity index (χ2v) is 3.57. The maximum absolute atomic E-state index is 13.6. The molecule has 0 aliphatic heterocycles. The van der Waals surface area contributed by atoms with Crippen molar-refractivity contribution in [1.82, 2.24) is 0 Å². The van der Waals surface area contributed by atoms with Crippen LogP contribution in [0.15, 0.2) is 0 Å². The molecule has 0 N–H and O–H groups in total. The van der Waals surface area contributed by atoms with E-state index in [2.05, 4.69) is 0 Å². The zero-order chi connectivity index (χ0) is 14.5. The summed E-state index contributed by atoms with van der Waals surface area (Å²) in [5, 5.41) is 7.13. The fourth-order valence-corrected chi connectivity index (χ4v) is 1.66. The first-order chi connectivity index (χ1) is 8.82. The van der Waals surface area contributed by atoms with Gasteiger partial charge in [-0.3, -0.25) is 0 Å². The van der Waals surface area contributed by atoms with E-state index in [9.17, 15) is 35.8 Å². The Bertz CT molecular complexity index is 696. The molecule has 0 spiro atoms. The minimum atomic E-state index is -2.41. The Kier molecular flexibility index (Phi) is 3.13. The van der Waals surface area contributed by atoms with Crippen molar-refractivity contribution in [3.63, 3.8) is 0 Å². The van der Waals surface area contributed by atoms with Gasteiger partial charge >= 0.3 is 0 Å². The van der Waals surface area contributed by atoms with Gasteiger partial charge in [-0.2, -0.15) is 0 Å². The van der Waals surface area contributed by atoms with Crippen LogP contribution >= 0.6 is 0 Å². The summed E-state index contributed by atoms with van der Waals surface area (Å²) in [5.74, 6) is -15.5. The van der Waals surface area contributed by atoms with Gasteiger partial charge in [0.25, 0.3) is 0 Å². The SMILES string of the molecule is [O]Cc1c(F)c(F)c2c(F)c(F)c(F)c(F)c2c1F. The quantitative estimate of drug-likeness (QED) is 0.431. The highest BCUT2D eigenvalue weighted by Gasteiger charge is 2.30. The van der Waals surface area contributed by atoms with Crippen molar-refractivity contribution in [3.8, 4) is 0 Å². The summed E-state index contributed by atoms with van der Waals surface area (Å²) in [6.07, 6.45) is 0. The molecule has 1 radical (unpaired) electrons. The third-order valence-electron chi connectivity index (χ3n) is 2.57. The second kappa shape index (κ2) is 4.37. The molecule has 0 saturated carbocycles. The van der Waals surface area contributed by atoms with Crippen molar-refractivity contribution in [1.29, 1.82) is 0 Å². The van der Waals surface area contributed by atoms with Crippen LogP contribution in [-0.4, -0.2) is 0 Å². The molecule has 0 aliphatic rings. The Morgan fingerprint density at radius 3 is 1.32 bits per heavy atom. The highest BCUT2D eigenvalue weighted by molar-refractivity contribution is 5.86. The summed E-state index contributed by atoms with van der Waals surface area (Å²) in [5.41, 5.74) is -1.42. The zero-order valence-corrected chi connectivity index (χ0v) is 8.76. The lowest BCUT2D eigenvalue weighted by Crippen LogP contribution is -2.07. The van der Waals surface area contributed by atoms with Gasteiger partial charge < -0.3 is 0 Å². The van der Waals surface area contributed by atoms with E-state index in [1.54, 1.807) is 0 Å². The van der Waals surface area contributed by atoms with E-state index in [0.717, 1.165) is 0 Å². The number of rotatable bonds is 1. The summed E-state index contributed by atoms with van der Waals surface area (Å²) in [6, 6.07) is 0. The Balaban J connectivity index is 3.18. The molecule has 0 unspecified atom stereocenters. The summed E-state index contributed by atoms with van der Waals surface area (Å²) in [7, 11) is 0. The number of hydrogen-bond donors (Lipinski definition) is 0. The first kappa shape index (κ1) is 13.6. The summed E-state index contributed by atoms with van der Waals surface area (Å²) in [6.45, 7) is -1.62. The molecule has 0 saturated heterocycles. The van der Waals surface area contributed by atoms with E-state index >= 15 is 0 Å². The Morgan fingerprint density at radius 2 is 0.895 bits per heavy atom. The number of fused-ring (bicyclic) bond motifs is 1. The van der Waals surface area contributed by atoms with E-state index in [0.29, 0.717) is 0 Å². The lowest BCUT2D eigenvalue weighted by molar-refractivity contribution is 0.169. The van der Waals surface area contributed by atoms with Crippen molar-refractivity contribution >= 4 is 10.8 Å². The van der Waals surface area contributed by atoms with Crippen LogP contribution in [0.25, 0.3) is 10.8 Å². The predicted octanol–water partition coefficient (Wildman–Crippen LogP) is 3.74. The maximum atomic E-state index is 13.6. The Morgan fingerprint density at radius 1 is 0.526 bits per heavy atom. The van der Waals surface area contributed by atoms with Crippen LogP contribution in [0.1, 0.15) is 5.56 Å². The molecule has 0 bridgehead atoms. The largest absolute Gasteiger partial charge is 0.231 e. The Labute approximate surface area is 100 Å². The number of hydrogen-bond acceptors (Lipinski definition) is 0. The zero-order valence-electron chi connectivity index (χ0n) is 8.76. The van der Waals surface area contributed by atoms with Gasteiger partial charge in [-0.25, -0.2) is 35.8 Å². The van der Waals surface area contributed by atoms with Gasteiger partial charge in [0.1, 0.15) is 12.4 Å². The van der Waals surface area contributed by atoms with Crippen LogP contribution in [0.2, 0.25) is 0 Å². The van der Waals surface area contributed by atoms with Gasteiger partial charge in [-0.1, -0.05) is 0 Å². The standard InChI is InChI=1S/C11H2F7O/c12-5-2(1-19)6(13)7(14)4-3(5)8(15)10(17)11(18)9(4)16/h1H2. The van der Waals surface area contributed by atoms with Gasteiger partial charge in [0, 0.05) is 0 Å². The molecule has 0 amide bonds. The fourth-order valence-electron chi connectivity index (χ4n) is 1.66. The lowest BCUT2D eigenvalue weighted by Gasteiger charge is -2.10. The average molecular weight is 283 g/mol. The molecule has 8 heteroatoms. The molecule has 1 nitrogen and oxygen atoms in total. The third kappa shape index (κ3) is 1.66. The van der Waals surface area contributed by atoms with E-state index < -0.39 is 63.7 Å². The summed E-state index contributed by atoms with van der Waals surface area (Å²) < 4.78 is 92.6. The van der Waals surface area contributed by atoms with Gasteiger partial charge in [0.05, 0.1) is 16.3 Å². The highest BCUT2D eigenvalue weighted by atomic mass is 19.2. The van der Waals surface area contributed by atoms with Crippen LogP contribution in [-0.2, 0) is 11.7 Å². The van der Waals surface area contributed by atoms with Crippen LogP contribution in [0, 0.1) is 40.7 Å². The topological polar surface area (TPSA) is 19.9 Å². The molecule has 0 aromatic heterocycles. The fraction of sp³-hybridized carbons (Fsp3) is 0.0909. The van der Waals surface area contributed by atoms with Crippen LogP contribution < -0.4 is 0 Å². The Hall–Kier alpha value is -1.83. The molecule has 2 aromatic rings. The van der Waals surface area contributed by atoms with Crippen molar-refractivity contribution in [2.75, 3.05) is 0 Å². The van der Waals surface area contributed by atoms with E-state index in [1.165, 1.54) is 0 Å². The van der Waals surface area contributed by atoms with Gasteiger partial charge in [-0.05, 0) is 0 Å². The molecular formula is C11H2F7O. The van der Waals surface area contributed by atoms with Crippen molar-refractivity contribution in [2.45, 2.75) is 6.61 Å². The van der Waals surface area contributed by atoms with Gasteiger partial charge in [0.2, 0.25) is 0 Å². The molecule has 0 heterocycles. The molecule has 0 aliphatic carbocycles. The van der Waals surface area contributed by atoms with Crippen LogP contribution in [0.3, 0.4) is 0 Å². The molecular weight excluding hydrogens is 281 g/mol. The maximum Gasteiger partial charge on any atom is 0.198 e. The summed E-state index contributed by atoms with van der Waals surface area (Å²) >= 11 is 0. The molecule has 0 atom stereocenters. The van der Waals surface area contributed by atoms with Crippen LogP contribution in [0.4, 0.5) is 30.7 Å². The van der Waals surface area contributed by atoms with Gasteiger partial charge in [-0.15, -0.1) is 0 Å².